The molecule has 0 saturated heterocycles. The van der Waals surface area contributed by atoms with E-state index in [2.05, 4.69) is 12.2 Å². The SMILES string of the molecule is CCCOC1(C(=O)Nc2ccc(OC3CCCC3)c(C)c2)CCCC1. The first-order chi connectivity index (χ1) is 12.1. The molecular formula is C21H31NO3. The lowest BCUT2D eigenvalue weighted by atomic mass is 10.0. The molecule has 2 saturated carbocycles. The quantitative estimate of drug-likeness (QED) is 0.757. The molecular weight excluding hydrogens is 314 g/mol. The number of anilines is 1. The van der Waals surface area contributed by atoms with E-state index in [0.29, 0.717) is 12.7 Å². The molecule has 1 aromatic carbocycles. The van der Waals surface area contributed by atoms with Crippen molar-refractivity contribution in [2.75, 3.05) is 11.9 Å². The first-order valence-electron chi connectivity index (χ1n) is 9.86. The maximum Gasteiger partial charge on any atom is 0.256 e. The van der Waals surface area contributed by atoms with E-state index in [9.17, 15) is 4.79 Å². The fraction of sp³-hybridized carbons (Fsp3) is 0.667. The van der Waals surface area contributed by atoms with Gasteiger partial charge in [0, 0.05) is 12.3 Å². The van der Waals surface area contributed by atoms with E-state index in [1.165, 1.54) is 12.8 Å². The Morgan fingerprint density at radius 1 is 1.20 bits per heavy atom. The van der Waals surface area contributed by atoms with E-state index in [4.69, 9.17) is 9.47 Å². The third-order valence-electron chi connectivity index (χ3n) is 5.44. The molecule has 0 spiro atoms. The summed E-state index contributed by atoms with van der Waals surface area (Å²) >= 11 is 0. The van der Waals surface area contributed by atoms with Crippen LogP contribution < -0.4 is 10.1 Å². The molecule has 25 heavy (non-hydrogen) atoms. The fourth-order valence-electron chi connectivity index (χ4n) is 3.97. The number of benzene rings is 1. The zero-order chi connectivity index (χ0) is 17.7. The summed E-state index contributed by atoms with van der Waals surface area (Å²) in [7, 11) is 0. The molecule has 1 N–H and O–H groups in total. The molecule has 0 bridgehead atoms. The molecule has 138 valence electrons. The normalized spacial score (nSPS) is 19.9. The van der Waals surface area contributed by atoms with Crippen LogP contribution in [0, 0.1) is 6.92 Å². The largest absolute Gasteiger partial charge is 0.490 e. The van der Waals surface area contributed by atoms with Crippen LogP contribution in [0.15, 0.2) is 18.2 Å². The zero-order valence-electron chi connectivity index (χ0n) is 15.6. The molecule has 3 rings (SSSR count). The smallest absolute Gasteiger partial charge is 0.256 e. The summed E-state index contributed by atoms with van der Waals surface area (Å²) < 4.78 is 12.1. The second-order valence-corrected chi connectivity index (χ2v) is 7.51. The van der Waals surface area contributed by atoms with Crippen LogP contribution >= 0.6 is 0 Å². The van der Waals surface area contributed by atoms with Gasteiger partial charge < -0.3 is 14.8 Å². The Hall–Kier alpha value is -1.55. The molecule has 1 aromatic rings. The second-order valence-electron chi connectivity index (χ2n) is 7.51. The van der Waals surface area contributed by atoms with Crippen LogP contribution in [0.3, 0.4) is 0 Å². The van der Waals surface area contributed by atoms with E-state index >= 15 is 0 Å². The van der Waals surface area contributed by atoms with Crippen molar-refractivity contribution < 1.29 is 14.3 Å². The first kappa shape index (κ1) is 18.2. The summed E-state index contributed by atoms with van der Waals surface area (Å²) in [6, 6.07) is 5.93. The minimum absolute atomic E-state index is 0.00214. The van der Waals surface area contributed by atoms with Crippen molar-refractivity contribution in [3.05, 3.63) is 23.8 Å². The number of carbonyl (C=O) groups excluding carboxylic acids is 1. The summed E-state index contributed by atoms with van der Waals surface area (Å²) in [6.07, 6.45) is 9.86. The molecule has 0 radical (unpaired) electrons. The van der Waals surface area contributed by atoms with Gasteiger partial charge in [0.2, 0.25) is 0 Å². The van der Waals surface area contributed by atoms with E-state index in [-0.39, 0.29) is 5.91 Å². The monoisotopic (exact) mass is 345 g/mol. The van der Waals surface area contributed by atoms with Gasteiger partial charge in [0.1, 0.15) is 11.4 Å². The van der Waals surface area contributed by atoms with Crippen LogP contribution in [-0.4, -0.2) is 24.2 Å². The van der Waals surface area contributed by atoms with Crippen molar-refractivity contribution in [3.63, 3.8) is 0 Å². The van der Waals surface area contributed by atoms with Crippen LogP contribution in [0.5, 0.6) is 5.75 Å². The molecule has 0 aromatic heterocycles. The third kappa shape index (κ3) is 4.35. The lowest BCUT2D eigenvalue weighted by Gasteiger charge is -2.28. The van der Waals surface area contributed by atoms with Gasteiger partial charge in [0.05, 0.1) is 6.10 Å². The van der Waals surface area contributed by atoms with Gasteiger partial charge in [-0.05, 0) is 88.5 Å². The van der Waals surface area contributed by atoms with Gasteiger partial charge in [0.25, 0.3) is 5.91 Å². The second kappa shape index (κ2) is 8.22. The number of amides is 1. The molecule has 1 amide bonds. The van der Waals surface area contributed by atoms with Crippen LogP contribution in [0.2, 0.25) is 0 Å². The standard InChI is InChI=1S/C21H31NO3/c1-3-14-24-21(12-6-7-13-21)20(23)22-17-10-11-19(16(2)15-17)25-18-8-4-5-9-18/h10-11,15,18H,3-9,12-14H2,1-2H3,(H,22,23). The average Bonchev–Trinajstić information content (AvgIpc) is 3.28. The fourth-order valence-corrected chi connectivity index (χ4v) is 3.97. The molecule has 0 aliphatic heterocycles. The average molecular weight is 345 g/mol. The molecule has 2 aliphatic carbocycles. The van der Waals surface area contributed by atoms with Gasteiger partial charge >= 0.3 is 0 Å². The van der Waals surface area contributed by atoms with E-state index in [0.717, 1.165) is 61.9 Å². The highest BCUT2D eigenvalue weighted by atomic mass is 16.5. The van der Waals surface area contributed by atoms with Gasteiger partial charge in [-0.15, -0.1) is 0 Å². The summed E-state index contributed by atoms with van der Waals surface area (Å²) in [6.45, 7) is 4.76. The van der Waals surface area contributed by atoms with Crippen LogP contribution in [-0.2, 0) is 9.53 Å². The first-order valence-corrected chi connectivity index (χ1v) is 9.86. The summed E-state index contributed by atoms with van der Waals surface area (Å²) in [5.74, 6) is 0.935. The number of hydrogen-bond acceptors (Lipinski definition) is 3. The van der Waals surface area contributed by atoms with E-state index in [1.807, 2.05) is 25.1 Å². The molecule has 0 heterocycles. The van der Waals surface area contributed by atoms with Crippen LogP contribution in [0.4, 0.5) is 5.69 Å². The Labute approximate surface area is 151 Å². The van der Waals surface area contributed by atoms with Crippen molar-refractivity contribution >= 4 is 11.6 Å². The maximum absolute atomic E-state index is 12.9. The molecule has 0 atom stereocenters. The number of nitrogens with one attached hydrogen (secondary N) is 1. The predicted molar refractivity (Wildman–Crippen MR) is 100 cm³/mol. The Morgan fingerprint density at radius 2 is 1.92 bits per heavy atom. The van der Waals surface area contributed by atoms with Gasteiger partial charge in [-0.1, -0.05) is 6.92 Å². The van der Waals surface area contributed by atoms with Crippen LogP contribution in [0.1, 0.15) is 70.3 Å². The number of hydrogen-bond donors (Lipinski definition) is 1. The van der Waals surface area contributed by atoms with Crippen molar-refractivity contribution in [1.29, 1.82) is 0 Å². The topological polar surface area (TPSA) is 47.6 Å². The number of carbonyl (C=O) groups is 1. The third-order valence-corrected chi connectivity index (χ3v) is 5.44. The molecule has 4 nitrogen and oxygen atoms in total. The van der Waals surface area contributed by atoms with E-state index < -0.39 is 5.60 Å². The summed E-state index contributed by atoms with van der Waals surface area (Å²) in [5.41, 5.74) is 1.26. The van der Waals surface area contributed by atoms with Crippen LogP contribution in [0.25, 0.3) is 0 Å². The van der Waals surface area contributed by atoms with Gasteiger partial charge in [0.15, 0.2) is 0 Å². The summed E-state index contributed by atoms with van der Waals surface area (Å²) in [5, 5.41) is 3.08. The van der Waals surface area contributed by atoms with Crippen molar-refractivity contribution in [2.45, 2.75) is 83.3 Å². The van der Waals surface area contributed by atoms with Gasteiger partial charge in [-0.2, -0.15) is 0 Å². The Balaban J connectivity index is 1.65. The van der Waals surface area contributed by atoms with Crippen molar-refractivity contribution in [1.82, 2.24) is 0 Å². The highest BCUT2D eigenvalue weighted by molar-refractivity contribution is 5.97. The zero-order valence-corrected chi connectivity index (χ0v) is 15.6. The number of rotatable bonds is 7. The van der Waals surface area contributed by atoms with Crippen molar-refractivity contribution in [2.24, 2.45) is 0 Å². The lowest BCUT2D eigenvalue weighted by Crippen LogP contribution is -2.43. The number of aryl methyl sites for hydroxylation is 1. The molecule has 2 fully saturated rings. The minimum atomic E-state index is -0.636. The Kier molecular flexibility index (Phi) is 6.00. The minimum Gasteiger partial charge on any atom is -0.490 e. The lowest BCUT2D eigenvalue weighted by molar-refractivity contribution is -0.140. The highest BCUT2D eigenvalue weighted by Crippen LogP contribution is 2.35. The van der Waals surface area contributed by atoms with Crippen molar-refractivity contribution in [3.8, 4) is 5.75 Å². The highest BCUT2D eigenvalue weighted by Gasteiger charge is 2.42. The summed E-state index contributed by atoms with van der Waals surface area (Å²) in [4.78, 5) is 12.9. The maximum atomic E-state index is 12.9. The number of ether oxygens (including phenoxy) is 2. The predicted octanol–water partition coefficient (Wildman–Crippen LogP) is 4.99. The molecule has 4 heteroatoms. The Morgan fingerprint density at radius 3 is 2.56 bits per heavy atom. The van der Waals surface area contributed by atoms with E-state index in [1.54, 1.807) is 0 Å². The molecule has 2 aliphatic rings. The van der Waals surface area contributed by atoms with Gasteiger partial charge in [-0.25, -0.2) is 0 Å². The Bertz CT molecular complexity index is 587. The van der Waals surface area contributed by atoms with Gasteiger partial charge in [-0.3, -0.25) is 4.79 Å². The molecule has 0 unspecified atom stereocenters.